The lowest BCUT2D eigenvalue weighted by Gasteiger charge is -2.30. The highest BCUT2D eigenvalue weighted by atomic mass is 16.5. The van der Waals surface area contributed by atoms with E-state index >= 15 is 0 Å². The Labute approximate surface area is 106 Å². The van der Waals surface area contributed by atoms with Gasteiger partial charge in [-0.3, -0.25) is 0 Å². The van der Waals surface area contributed by atoms with Gasteiger partial charge >= 0.3 is 12.0 Å². The second-order valence-electron chi connectivity index (χ2n) is 5.02. The minimum atomic E-state index is -1.24. The molecular formula is C12H20N2O4. The first-order chi connectivity index (χ1) is 8.59. The number of ether oxygens (including phenoxy) is 1. The topological polar surface area (TPSA) is 78.9 Å². The summed E-state index contributed by atoms with van der Waals surface area (Å²) >= 11 is 0. The van der Waals surface area contributed by atoms with E-state index in [-0.39, 0.29) is 18.7 Å². The summed E-state index contributed by atoms with van der Waals surface area (Å²) in [6, 6.07) is -0.0367. The largest absolute Gasteiger partial charge is 0.479 e. The van der Waals surface area contributed by atoms with Gasteiger partial charge in [0.2, 0.25) is 0 Å². The van der Waals surface area contributed by atoms with Crippen molar-refractivity contribution in [3.63, 3.8) is 0 Å². The van der Waals surface area contributed by atoms with Gasteiger partial charge in [0.15, 0.2) is 5.54 Å². The number of nitrogens with one attached hydrogen (secondary N) is 1. The lowest BCUT2D eigenvalue weighted by atomic mass is 9.99. The summed E-state index contributed by atoms with van der Waals surface area (Å²) < 4.78 is 5.12. The predicted octanol–water partition coefficient (Wildman–Crippen LogP) is 0.814. The van der Waals surface area contributed by atoms with Crippen molar-refractivity contribution >= 4 is 12.0 Å². The molecule has 0 aromatic carbocycles. The Morgan fingerprint density at radius 2 is 2.33 bits per heavy atom. The summed E-state index contributed by atoms with van der Waals surface area (Å²) in [5.74, 6) is -1.01. The summed E-state index contributed by atoms with van der Waals surface area (Å²) in [6.07, 6.45) is 3.23. The molecule has 2 saturated heterocycles. The number of carbonyl (C=O) groups excluding carboxylic acids is 1. The van der Waals surface area contributed by atoms with Crippen LogP contribution in [0.1, 0.15) is 32.6 Å². The Kier molecular flexibility index (Phi) is 3.75. The van der Waals surface area contributed by atoms with E-state index in [0.29, 0.717) is 19.6 Å². The van der Waals surface area contributed by atoms with E-state index in [0.717, 1.165) is 19.3 Å². The number of likely N-dealkylation sites (tertiary alicyclic amines) is 1. The van der Waals surface area contributed by atoms with Gasteiger partial charge in [-0.2, -0.15) is 0 Å². The first kappa shape index (κ1) is 13.1. The molecule has 0 aromatic heterocycles. The van der Waals surface area contributed by atoms with Crippen LogP contribution in [0.25, 0.3) is 0 Å². The number of aliphatic carboxylic acids is 1. The highest BCUT2D eigenvalue weighted by Gasteiger charge is 2.45. The first-order valence-corrected chi connectivity index (χ1v) is 6.49. The lowest BCUT2D eigenvalue weighted by Crippen LogP contribution is -2.59. The minimum absolute atomic E-state index is 0.0543. The quantitative estimate of drug-likeness (QED) is 0.783. The minimum Gasteiger partial charge on any atom is -0.479 e. The maximum Gasteiger partial charge on any atom is 0.332 e. The van der Waals surface area contributed by atoms with Crippen LogP contribution in [0.3, 0.4) is 0 Å². The number of hydrogen-bond donors (Lipinski definition) is 2. The van der Waals surface area contributed by atoms with Crippen molar-refractivity contribution in [3.05, 3.63) is 0 Å². The lowest BCUT2D eigenvalue weighted by molar-refractivity contribution is -0.144. The summed E-state index contributed by atoms with van der Waals surface area (Å²) in [7, 11) is 0. The second kappa shape index (κ2) is 5.14. The molecule has 2 aliphatic heterocycles. The van der Waals surface area contributed by atoms with Crippen molar-refractivity contribution in [2.45, 2.75) is 44.2 Å². The molecule has 102 valence electrons. The van der Waals surface area contributed by atoms with Gasteiger partial charge in [-0.25, -0.2) is 9.59 Å². The van der Waals surface area contributed by atoms with Crippen LogP contribution in [0.4, 0.5) is 4.79 Å². The predicted molar refractivity (Wildman–Crippen MR) is 64.4 cm³/mol. The molecular weight excluding hydrogens is 236 g/mol. The molecule has 2 amide bonds. The maximum absolute atomic E-state index is 12.2. The number of carbonyl (C=O) groups is 2. The van der Waals surface area contributed by atoms with Gasteiger partial charge in [-0.15, -0.1) is 0 Å². The zero-order valence-electron chi connectivity index (χ0n) is 10.6. The molecule has 0 saturated carbocycles. The molecule has 18 heavy (non-hydrogen) atoms. The van der Waals surface area contributed by atoms with Gasteiger partial charge in [0, 0.05) is 25.6 Å². The van der Waals surface area contributed by atoms with E-state index < -0.39 is 11.5 Å². The standard InChI is InChI=1S/C12H20N2O4/c1-2-9-4-3-6-14(9)11(17)13-12(10(15)16)5-7-18-8-12/h9H,2-8H2,1H3,(H,13,17)(H,15,16). The fraction of sp³-hybridized carbons (Fsp3) is 0.833. The Balaban J connectivity index is 2.03. The third kappa shape index (κ3) is 2.29. The van der Waals surface area contributed by atoms with Crippen molar-refractivity contribution in [2.75, 3.05) is 19.8 Å². The number of rotatable bonds is 3. The normalized spacial score (nSPS) is 31.6. The van der Waals surface area contributed by atoms with Crippen LogP contribution < -0.4 is 5.32 Å². The zero-order valence-corrected chi connectivity index (χ0v) is 10.6. The number of carboxylic acids is 1. The van der Waals surface area contributed by atoms with E-state index in [1.54, 1.807) is 4.90 Å². The molecule has 0 aromatic rings. The second-order valence-corrected chi connectivity index (χ2v) is 5.02. The number of carboxylic acid groups (broad SMARTS) is 1. The van der Waals surface area contributed by atoms with E-state index in [4.69, 9.17) is 4.74 Å². The number of amides is 2. The van der Waals surface area contributed by atoms with Crippen LogP contribution in [0.2, 0.25) is 0 Å². The molecule has 6 nitrogen and oxygen atoms in total. The highest BCUT2D eigenvalue weighted by Crippen LogP contribution is 2.23. The summed E-state index contributed by atoms with van der Waals surface area (Å²) in [4.78, 5) is 25.2. The highest BCUT2D eigenvalue weighted by molar-refractivity contribution is 5.87. The average Bonchev–Trinajstić information content (AvgIpc) is 2.97. The van der Waals surface area contributed by atoms with Crippen molar-refractivity contribution in [2.24, 2.45) is 0 Å². The van der Waals surface area contributed by atoms with Crippen LogP contribution >= 0.6 is 0 Å². The Morgan fingerprint density at radius 3 is 2.89 bits per heavy atom. The number of urea groups is 1. The van der Waals surface area contributed by atoms with E-state index in [9.17, 15) is 14.7 Å². The summed E-state index contributed by atoms with van der Waals surface area (Å²) in [5, 5.41) is 11.9. The van der Waals surface area contributed by atoms with Crippen LogP contribution in [0, 0.1) is 0 Å². The van der Waals surface area contributed by atoms with Crippen LogP contribution in [0.15, 0.2) is 0 Å². The average molecular weight is 256 g/mol. The van der Waals surface area contributed by atoms with Gasteiger partial charge in [0.1, 0.15) is 0 Å². The number of hydrogen-bond acceptors (Lipinski definition) is 3. The fourth-order valence-corrected chi connectivity index (χ4v) is 2.69. The van der Waals surface area contributed by atoms with Gasteiger partial charge < -0.3 is 20.1 Å². The first-order valence-electron chi connectivity index (χ1n) is 6.49. The van der Waals surface area contributed by atoms with Gasteiger partial charge in [-0.1, -0.05) is 6.92 Å². The van der Waals surface area contributed by atoms with Crippen LogP contribution in [-0.4, -0.2) is 53.3 Å². The third-order valence-electron chi connectivity index (χ3n) is 3.89. The van der Waals surface area contributed by atoms with Crippen molar-refractivity contribution < 1.29 is 19.4 Å². The maximum atomic E-state index is 12.2. The van der Waals surface area contributed by atoms with Gasteiger partial charge in [0.25, 0.3) is 0 Å². The van der Waals surface area contributed by atoms with E-state index in [1.165, 1.54) is 0 Å². The van der Waals surface area contributed by atoms with E-state index in [2.05, 4.69) is 5.32 Å². The third-order valence-corrected chi connectivity index (χ3v) is 3.89. The van der Waals surface area contributed by atoms with Crippen molar-refractivity contribution in [3.8, 4) is 0 Å². The van der Waals surface area contributed by atoms with E-state index in [1.807, 2.05) is 6.92 Å². The van der Waals surface area contributed by atoms with Gasteiger partial charge in [-0.05, 0) is 19.3 Å². The van der Waals surface area contributed by atoms with Crippen LogP contribution in [-0.2, 0) is 9.53 Å². The summed E-state index contributed by atoms with van der Waals surface area (Å²) in [6.45, 7) is 3.19. The molecule has 2 aliphatic rings. The SMILES string of the molecule is CCC1CCCN1C(=O)NC1(C(=O)O)CCOC1. The molecule has 0 aliphatic carbocycles. The molecule has 6 heteroatoms. The smallest absolute Gasteiger partial charge is 0.332 e. The molecule has 2 N–H and O–H groups in total. The van der Waals surface area contributed by atoms with Crippen LogP contribution in [0.5, 0.6) is 0 Å². The molecule has 2 rings (SSSR count). The number of nitrogens with zero attached hydrogens (tertiary/aromatic N) is 1. The molecule has 0 spiro atoms. The molecule has 2 heterocycles. The Hall–Kier alpha value is -1.30. The molecule has 2 atom stereocenters. The van der Waals surface area contributed by atoms with Gasteiger partial charge in [0.05, 0.1) is 6.61 Å². The Bertz CT molecular complexity index is 339. The van der Waals surface area contributed by atoms with Crippen molar-refractivity contribution in [1.29, 1.82) is 0 Å². The molecule has 0 bridgehead atoms. The Morgan fingerprint density at radius 1 is 1.56 bits per heavy atom. The molecule has 2 fully saturated rings. The monoisotopic (exact) mass is 256 g/mol. The van der Waals surface area contributed by atoms with Crippen molar-refractivity contribution in [1.82, 2.24) is 10.2 Å². The fourth-order valence-electron chi connectivity index (χ4n) is 2.69. The molecule has 2 unspecified atom stereocenters. The zero-order chi connectivity index (χ0) is 13.2. The molecule has 0 radical (unpaired) electrons. The summed E-state index contributed by atoms with van der Waals surface area (Å²) in [5.41, 5.74) is -1.24.